The van der Waals surface area contributed by atoms with Gasteiger partial charge in [-0.3, -0.25) is 0 Å². The first-order chi connectivity index (χ1) is 7.47. The van der Waals surface area contributed by atoms with Crippen LogP contribution in [0.5, 0.6) is 0 Å². The molecule has 0 aromatic carbocycles. The summed E-state index contributed by atoms with van der Waals surface area (Å²) >= 11 is 0. The first-order valence-corrected chi connectivity index (χ1v) is 5.96. The van der Waals surface area contributed by atoms with Gasteiger partial charge in [0.2, 0.25) is 0 Å². The standard InChI is InChI=1S/C13H20N2/c1-2-8-13-12(7-5-11-15-13)6-4-10-14-9-3-1/h1-3,8,14-15H,4-7,9-11H2/b3-1-,8-2+. The van der Waals surface area contributed by atoms with Crippen molar-refractivity contribution >= 4 is 0 Å². The Hall–Kier alpha value is -1.02. The summed E-state index contributed by atoms with van der Waals surface area (Å²) in [6, 6.07) is 0. The van der Waals surface area contributed by atoms with Crippen molar-refractivity contribution < 1.29 is 0 Å². The highest BCUT2D eigenvalue weighted by atomic mass is 14.9. The van der Waals surface area contributed by atoms with E-state index in [1.54, 1.807) is 5.57 Å². The van der Waals surface area contributed by atoms with Gasteiger partial charge >= 0.3 is 0 Å². The molecule has 15 heavy (non-hydrogen) atoms. The van der Waals surface area contributed by atoms with Gasteiger partial charge in [0.15, 0.2) is 0 Å². The van der Waals surface area contributed by atoms with Crippen LogP contribution < -0.4 is 10.6 Å². The van der Waals surface area contributed by atoms with Gasteiger partial charge in [-0.25, -0.2) is 0 Å². The number of hydrogen-bond donors (Lipinski definition) is 2. The summed E-state index contributed by atoms with van der Waals surface area (Å²) < 4.78 is 0. The fraction of sp³-hybridized carbons (Fsp3) is 0.538. The maximum Gasteiger partial charge on any atom is 0.0332 e. The normalized spacial score (nSPS) is 27.2. The summed E-state index contributed by atoms with van der Waals surface area (Å²) in [5, 5.41) is 6.91. The zero-order valence-electron chi connectivity index (χ0n) is 9.26. The zero-order valence-corrected chi connectivity index (χ0v) is 9.26. The Labute approximate surface area is 92.1 Å². The molecule has 0 aliphatic carbocycles. The Morgan fingerprint density at radius 3 is 2.80 bits per heavy atom. The molecule has 2 heterocycles. The second kappa shape index (κ2) is 5.76. The molecule has 0 atom stereocenters. The van der Waals surface area contributed by atoms with E-state index in [4.69, 9.17) is 0 Å². The van der Waals surface area contributed by atoms with Gasteiger partial charge in [-0.05, 0) is 43.9 Å². The molecule has 2 rings (SSSR count). The largest absolute Gasteiger partial charge is 0.385 e. The predicted molar refractivity (Wildman–Crippen MR) is 64.6 cm³/mol. The molecule has 0 fully saturated rings. The average molecular weight is 204 g/mol. The number of rotatable bonds is 0. The van der Waals surface area contributed by atoms with Crippen molar-refractivity contribution in [1.82, 2.24) is 10.6 Å². The fourth-order valence-electron chi connectivity index (χ4n) is 2.13. The second-order valence-corrected chi connectivity index (χ2v) is 4.14. The Bertz CT molecular complexity index is 287. The fourth-order valence-corrected chi connectivity index (χ4v) is 2.13. The van der Waals surface area contributed by atoms with Crippen LogP contribution in [0.15, 0.2) is 35.6 Å². The molecule has 82 valence electrons. The van der Waals surface area contributed by atoms with Crippen molar-refractivity contribution in [2.24, 2.45) is 0 Å². The summed E-state index contributed by atoms with van der Waals surface area (Å²) in [5.74, 6) is 0. The SMILES string of the molecule is C1=C\CNCCCC2=C(/C=C/1)NCCC2. The quantitative estimate of drug-likeness (QED) is 0.631. The molecule has 2 heteroatoms. The summed E-state index contributed by atoms with van der Waals surface area (Å²) in [6.45, 7) is 3.24. The van der Waals surface area contributed by atoms with Crippen molar-refractivity contribution in [2.45, 2.75) is 25.7 Å². The first-order valence-electron chi connectivity index (χ1n) is 5.96. The molecule has 0 radical (unpaired) electrons. The van der Waals surface area contributed by atoms with Crippen LogP contribution in [0.2, 0.25) is 0 Å². The molecule has 0 saturated carbocycles. The molecule has 0 unspecified atom stereocenters. The Balaban J connectivity index is 2.11. The number of nitrogens with one attached hydrogen (secondary N) is 2. The molecule has 2 aliphatic heterocycles. The third-order valence-electron chi connectivity index (χ3n) is 2.96. The van der Waals surface area contributed by atoms with E-state index >= 15 is 0 Å². The number of hydrogen-bond acceptors (Lipinski definition) is 2. The highest BCUT2D eigenvalue weighted by molar-refractivity contribution is 5.28. The Kier molecular flexibility index (Phi) is 4.03. The lowest BCUT2D eigenvalue weighted by molar-refractivity contribution is 0.620. The van der Waals surface area contributed by atoms with E-state index < -0.39 is 0 Å². The van der Waals surface area contributed by atoms with Crippen molar-refractivity contribution in [3.05, 3.63) is 35.6 Å². The molecule has 2 N–H and O–H groups in total. The van der Waals surface area contributed by atoms with Crippen molar-refractivity contribution in [2.75, 3.05) is 19.6 Å². The maximum atomic E-state index is 3.50. The lowest BCUT2D eigenvalue weighted by Crippen LogP contribution is -2.21. The van der Waals surface area contributed by atoms with Crippen LogP contribution in [-0.2, 0) is 0 Å². The van der Waals surface area contributed by atoms with Gasteiger partial charge in [0.05, 0.1) is 0 Å². The van der Waals surface area contributed by atoms with Gasteiger partial charge in [-0.2, -0.15) is 0 Å². The molecule has 0 spiro atoms. The second-order valence-electron chi connectivity index (χ2n) is 4.14. The Morgan fingerprint density at radius 1 is 1.00 bits per heavy atom. The average Bonchev–Trinajstić information content (AvgIpc) is 2.32. The molecule has 0 saturated heterocycles. The summed E-state index contributed by atoms with van der Waals surface area (Å²) in [6.07, 6.45) is 13.7. The third-order valence-corrected chi connectivity index (χ3v) is 2.96. The van der Waals surface area contributed by atoms with Crippen LogP contribution in [0.1, 0.15) is 25.7 Å². The smallest absolute Gasteiger partial charge is 0.0332 e. The summed E-state index contributed by atoms with van der Waals surface area (Å²) in [4.78, 5) is 0. The highest BCUT2D eigenvalue weighted by Gasteiger charge is 2.09. The monoisotopic (exact) mass is 204 g/mol. The van der Waals surface area contributed by atoms with Gasteiger partial charge in [0.25, 0.3) is 0 Å². The molecule has 0 aromatic rings. The molecular weight excluding hydrogens is 184 g/mol. The minimum atomic E-state index is 0.989. The van der Waals surface area contributed by atoms with Crippen molar-refractivity contribution in [3.63, 3.8) is 0 Å². The van der Waals surface area contributed by atoms with E-state index in [0.29, 0.717) is 0 Å². The van der Waals surface area contributed by atoms with Crippen LogP contribution in [0, 0.1) is 0 Å². The molecular formula is C13H20N2. The van der Waals surface area contributed by atoms with Crippen LogP contribution in [0.3, 0.4) is 0 Å². The summed E-state index contributed by atoms with van der Waals surface area (Å²) in [7, 11) is 0. The highest BCUT2D eigenvalue weighted by Crippen LogP contribution is 2.20. The summed E-state index contributed by atoms with van der Waals surface area (Å²) in [5.41, 5.74) is 2.97. The predicted octanol–water partition coefficient (Wildman–Crippen LogP) is 2.12. The molecule has 0 amide bonds. The Morgan fingerprint density at radius 2 is 1.87 bits per heavy atom. The molecule has 0 aromatic heterocycles. The minimum Gasteiger partial charge on any atom is -0.385 e. The van der Waals surface area contributed by atoms with Crippen LogP contribution >= 0.6 is 0 Å². The molecule has 2 aliphatic rings. The van der Waals surface area contributed by atoms with Crippen molar-refractivity contribution in [1.29, 1.82) is 0 Å². The van der Waals surface area contributed by atoms with Gasteiger partial charge < -0.3 is 10.6 Å². The number of allylic oxidation sites excluding steroid dienone is 4. The van der Waals surface area contributed by atoms with E-state index in [1.165, 1.54) is 31.4 Å². The van der Waals surface area contributed by atoms with Gasteiger partial charge in [0, 0.05) is 18.8 Å². The van der Waals surface area contributed by atoms with Crippen LogP contribution in [-0.4, -0.2) is 19.6 Å². The molecule has 0 bridgehead atoms. The lowest BCUT2D eigenvalue weighted by atomic mass is 9.99. The van der Waals surface area contributed by atoms with Crippen LogP contribution in [0.25, 0.3) is 0 Å². The van der Waals surface area contributed by atoms with Crippen molar-refractivity contribution in [3.8, 4) is 0 Å². The van der Waals surface area contributed by atoms with E-state index in [9.17, 15) is 0 Å². The van der Waals surface area contributed by atoms with Gasteiger partial charge in [0.1, 0.15) is 0 Å². The van der Waals surface area contributed by atoms with Crippen LogP contribution in [0.4, 0.5) is 0 Å². The first kappa shape index (κ1) is 10.5. The van der Waals surface area contributed by atoms with E-state index in [0.717, 1.165) is 19.6 Å². The van der Waals surface area contributed by atoms with E-state index in [2.05, 4.69) is 34.9 Å². The van der Waals surface area contributed by atoms with Gasteiger partial charge in [-0.1, -0.05) is 18.2 Å². The van der Waals surface area contributed by atoms with E-state index in [-0.39, 0.29) is 0 Å². The molecule has 2 nitrogen and oxygen atoms in total. The lowest BCUT2D eigenvalue weighted by Gasteiger charge is -2.20. The maximum absolute atomic E-state index is 3.50. The van der Waals surface area contributed by atoms with Gasteiger partial charge in [-0.15, -0.1) is 0 Å². The van der Waals surface area contributed by atoms with E-state index in [1.807, 2.05) is 0 Å². The minimum absolute atomic E-state index is 0.989. The third kappa shape index (κ3) is 3.24. The zero-order chi connectivity index (χ0) is 10.3. The topological polar surface area (TPSA) is 24.1 Å².